The highest BCUT2D eigenvalue weighted by atomic mass is 16.5. The molecule has 0 radical (unpaired) electrons. The Hall–Kier alpha value is -1.88. The van der Waals surface area contributed by atoms with Crippen LogP contribution in [0.15, 0.2) is 30.7 Å². The molecule has 2 aromatic rings. The zero-order valence-corrected chi connectivity index (χ0v) is 11.5. The highest BCUT2D eigenvalue weighted by Crippen LogP contribution is 2.09. The van der Waals surface area contributed by atoms with E-state index >= 15 is 0 Å². The molecule has 5 heteroatoms. The minimum absolute atomic E-state index is 0.688. The number of methoxy groups -OCH3 is 1. The number of nitrogens with one attached hydrogen (secondary N) is 1. The van der Waals surface area contributed by atoms with E-state index in [2.05, 4.69) is 32.8 Å². The standard InChI is InChI=1S/C14H20N4O/c1-12-5-3-6-15-13(12)11-17-14-16-7-9-18(14)8-4-10-19-2/h3,5-7,9H,4,8,10-11H2,1-2H3,(H,16,17). The average Bonchev–Trinajstić information content (AvgIpc) is 2.86. The summed E-state index contributed by atoms with van der Waals surface area (Å²) in [7, 11) is 1.72. The van der Waals surface area contributed by atoms with Gasteiger partial charge in [0.15, 0.2) is 0 Å². The summed E-state index contributed by atoms with van der Waals surface area (Å²) in [6.07, 6.45) is 6.57. The molecule has 0 aliphatic carbocycles. The van der Waals surface area contributed by atoms with Gasteiger partial charge in [-0.2, -0.15) is 0 Å². The summed E-state index contributed by atoms with van der Waals surface area (Å²) < 4.78 is 7.16. The second kappa shape index (κ2) is 6.89. The maximum atomic E-state index is 5.06. The molecule has 0 fully saturated rings. The fourth-order valence-electron chi connectivity index (χ4n) is 1.90. The van der Waals surface area contributed by atoms with Gasteiger partial charge in [0.25, 0.3) is 0 Å². The van der Waals surface area contributed by atoms with Crippen LogP contribution in [0.3, 0.4) is 0 Å². The molecule has 0 atom stereocenters. The van der Waals surface area contributed by atoms with E-state index in [1.807, 2.05) is 18.5 Å². The van der Waals surface area contributed by atoms with E-state index in [0.717, 1.165) is 31.2 Å². The van der Waals surface area contributed by atoms with E-state index < -0.39 is 0 Å². The molecule has 1 N–H and O–H groups in total. The molecule has 102 valence electrons. The Bertz CT molecular complexity index is 510. The van der Waals surface area contributed by atoms with Gasteiger partial charge < -0.3 is 14.6 Å². The van der Waals surface area contributed by atoms with Crippen molar-refractivity contribution in [2.45, 2.75) is 26.4 Å². The number of hydrogen-bond acceptors (Lipinski definition) is 4. The molecule has 0 aromatic carbocycles. The van der Waals surface area contributed by atoms with Crippen LogP contribution < -0.4 is 5.32 Å². The first kappa shape index (κ1) is 13.5. The Balaban J connectivity index is 1.93. The van der Waals surface area contributed by atoms with E-state index in [4.69, 9.17) is 4.74 Å². The molecule has 0 unspecified atom stereocenters. The van der Waals surface area contributed by atoms with Crippen molar-refractivity contribution in [3.63, 3.8) is 0 Å². The summed E-state index contributed by atoms with van der Waals surface area (Å²) in [6, 6.07) is 4.01. The first-order valence-corrected chi connectivity index (χ1v) is 6.45. The van der Waals surface area contributed by atoms with Gasteiger partial charge in [-0.15, -0.1) is 0 Å². The predicted molar refractivity (Wildman–Crippen MR) is 75.0 cm³/mol. The maximum absolute atomic E-state index is 5.06. The topological polar surface area (TPSA) is 52.0 Å². The normalized spacial score (nSPS) is 10.6. The lowest BCUT2D eigenvalue weighted by molar-refractivity contribution is 0.190. The number of nitrogens with zero attached hydrogens (tertiary/aromatic N) is 3. The summed E-state index contributed by atoms with van der Waals surface area (Å²) in [5.41, 5.74) is 2.24. The third-order valence-corrected chi connectivity index (χ3v) is 2.99. The Morgan fingerprint density at radius 1 is 1.32 bits per heavy atom. The molecule has 0 saturated heterocycles. The Morgan fingerprint density at radius 2 is 2.21 bits per heavy atom. The van der Waals surface area contributed by atoms with Crippen LogP contribution >= 0.6 is 0 Å². The van der Waals surface area contributed by atoms with Gasteiger partial charge in [0.2, 0.25) is 5.95 Å². The highest BCUT2D eigenvalue weighted by molar-refractivity contribution is 5.29. The van der Waals surface area contributed by atoms with Crippen molar-refractivity contribution in [1.29, 1.82) is 0 Å². The summed E-state index contributed by atoms with van der Waals surface area (Å²) >= 11 is 0. The van der Waals surface area contributed by atoms with Crippen LogP contribution in [0.5, 0.6) is 0 Å². The molecule has 0 saturated carbocycles. The third-order valence-electron chi connectivity index (χ3n) is 2.99. The summed E-state index contributed by atoms with van der Waals surface area (Å²) in [4.78, 5) is 8.69. The van der Waals surface area contributed by atoms with E-state index in [1.54, 1.807) is 13.3 Å². The fourth-order valence-corrected chi connectivity index (χ4v) is 1.90. The molecule has 0 bridgehead atoms. The third kappa shape index (κ3) is 3.79. The van der Waals surface area contributed by atoms with Crippen molar-refractivity contribution in [2.24, 2.45) is 0 Å². The zero-order chi connectivity index (χ0) is 13.5. The second-order valence-corrected chi connectivity index (χ2v) is 4.41. The predicted octanol–water partition coefficient (Wildman–Crippen LogP) is 2.24. The number of pyridine rings is 1. The van der Waals surface area contributed by atoms with Crippen molar-refractivity contribution < 1.29 is 4.74 Å². The number of ether oxygens (including phenoxy) is 1. The first-order valence-electron chi connectivity index (χ1n) is 6.45. The van der Waals surface area contributed by atoms with Crippen molar-refractivity contribution in [3.05, 3.63) is 42.0 Å². The lowest BCUT2D eigenvalue weighted by Gasteiger charge is -2.10. The van der Waals surface area contributed by atoms with Gasteiger partial charge in [0.1, 0.15) is 0 Å². The van der Waals surface area contributed by atoms with Gasteiger partial charge in [0, 0.05) is 38.9 Å². The van der Waals surface area contributed by atoms with Crippen molar-refractivity contribution in [1.82, 2.24) is 14.5 Å². The van der Waals surface area contributed by atoms with Gasteiger partial charge in [-0.25, -0.2) is 4.98 Å². The number of aromatic nitrogens is 3. The van der Waals surface area contributed by atoms with Gasteiger partial charge in [0.05, 0.1) is 12.2 Å². The van der Waals surface area contributed by atoms with E-state index in [9.17, 15) is 0 Å². The second-order valence-electron chi connectivity index (χ2n) is 4.41. The number of rotatable bonds is 7. The largest absolute Gasteiger partial charge is 0.385 e. The Morgan fingerprint density at radius 3 is 3.00 bits per heavy atom. The van der Waals surface area contributed by atoms with Crippen LogP contribution in [0.4, 0.5) is 5.95 Å². The van der Waals surface area contributed by atoms with Crippen LogP contribution in [-0.2, 0) is 17.8 Å². The quantitative estimate of drug-likeness (QED) is 0.776. The molecule has 2 heterocycles. The van der Waals surface area contributed by atoms with Crippen LogP contribution in [0, 0.1) is 6.92 Å². The minimum atomic E-state index is 0.688. The van der Waals surface area contributed by atoms with Gasteiger partial charge >= 0.3 is 0 Å². The molecular weight excluding hydrogens is 240 g/mol. The average molecular weight is 260 g/mol. The molecular formula is C14H20N4O. The summed E-state index contributed by atoms with van der Waals surface area (Å²) in [5, 5.41) is 3.33. The number of aryl methyl sites for hydroxylation is 2. The van der Waals surface area contributed by atoms with Gasteiger partial charge in [-0.1, -0.05) is 6.07 Å². The molecule has 19 heavy (non-hydrogen) atoms. The van der Waals surface area contributed by atoms with E-state index in [0.29, 0.717) is 6.54 Å². The SMILES string of the molecule is COCCCn1ccnc1NCc1ncccc1C. The molecule has 2 rings (SSSR count). The van der Waals surface area contributed by atoms with Crippen LogP contribution in [-0.4, -0.2) is 28.3 Å². The number of hydrogen-bond donors (Lipinski definition) is 1. The van der Waals surface area contributed by atoms with E-state index in [-0.39, 0.29) is 0 Å². The monoisotopic (exact) mass is 260 g/mol. The summed E-state index contributed by atoms with van der Waals surface area (Å²) in [6.45, 7) is 4.41. The number of anilines is 1. The lowest BCUT2D eigenvalue weighted by atomic mass is 10.2. The Labute approximate surface area is 113 Å². The van der Waals surface area contributed by atoms with E-state index in [1.165, 1.54) is 5.56 Å². The van der Waals surface area contributed by atoms with Crippen molar-refractivity contribution >= 4 is 5.95 Å². The molecule has 2 aromatic heterocycles. The molecule has 5 nitrogen and oxygen atoms in total. The Kier molecular flexibility index (Phi) is 4.92. The maximum Gasteiger partial charge on any atom is 0.203 e. The fraction of sp³-hybridized carbons (Fsp3) is 0.429. The molecule has 0 amide bonds. The first-order chi connectivity index (χ1) is 9.31. The van der Waals surface area contributed by atoms with Crippen LogP contribution in [0.2, 0.25) is 0 Å². The molecule has 0 aliphatic rings. The molecule has 0 aliphatic heterocycles. The van der Waals surface area contributed by atoms with Gasteiger partial charge in [-0.3, -0.25) is 4.98 Å². The van der Waals surface area contributed by atoms with Crippen LogP contribution in [0.25, 0.3) is 0 Å². The zero-order valence-electron chi connectivity index (χ0n) is 11.5. The van der Waals surface area contributed by atoms with Gasteiger partial charge in [-0.05, 0) is 25.0 Å². The number of imidazole rings is 1. The minimum Gasteiger partial charge on any atom is -0.385 e. The summed E-state index contributed by atoms with van der Waals surface area (Å²) in [5.74, 6) is 0.876. The van der Waals surface area contributed by atoms with Crippen molar-refractivity contribution in [3.8, 4) is 0 Å². The highest BCUT2D eigenvalue weighted by Gasteiger charge is 2.04. The lowest BCUT2D eigenvalue weighted by Crippen LogP contribution is -2.10. The van der Waals surface area contributed by atoms with Crippen molar-refractivity contribution in [2.75, 3.05) is 19.0 Å². The smallest absolute Gasteiger partial charge is 0.203 e. The molecule has 0 spiro atoms. The van der Waals surface area contributed by atoms with Crippen LogP contribution in [0.1, 0.15) is 17.7 Å².